The lowest BCUT2D eigenvalue weighted by molar-refractivity contribution is -0.661. The van der Waals surface area contributed by atoms with Gasteiger partial charge in [-0.1, -0.05) is 90.6 Å². The van der Waals surface area contributed by atoms with Crippen molar-refractivity contribution >= 4 is 110 Å². The van der Waals surface area contributed by atoms with Gasteiger partial charge < -0.3 is 22.1 Å². The van der Waals surface area contributed by atoms with Crippen LogP contribution in [0.3, 0.4) is 0 Å². The van der Waals surface area contributed by atoms with E-state index in [9.17, 15) is 0 Å². The number of aromatic nitrogens is 10. The van der Waals surface area contributed by atoms with Crippen molar-refractivity contribution in [3.63, 3.8) is 0 Å². The molecule has 15 nitrogen and oxygen atoms in total. The standard InChI is InChI=1S/C25H27N2O.2C24H27N2O.C23H25N2O.C20H19N2O/c1-15-13-16(2)23(24-22(15)20-10-9-17(3)26-25(20)28-24)21-14-19(11-12-27(21)4)18-7-5-6-8-18;1-13(2)19-12-26(7)20(11-14(19)3)22-16(5)10-15(4)21-18-9-8-17(6)25-24(18)27-23(21)22;1-13(2)19-12-26(7)20(11-15(19)4)22-14(3)8-9-18-21-16(5)10-17(6)25-24(21)27-23(18)22;1-13(2)17-9-10-25(6)19(12-17)21-15(4)11-14(3)20-18-8-7-16(5)24-23(18)26-22(20)21;1-12-11-13(2)18(16-7-5-6-10-22(16)4)19-17(12)15-9-8-14(3)21-20(15)23-19/h9-14,18H,5-8H2,1-4H3;2*8-13H,1-7H3;7-13H,1-6H3;5-11H,1-4H3/q5*+1/i1D3,18D;1D3,4D3,13D;1D3,5D3,13D;1D3,3D3,13D;1D3. The molecule has 0 N–H and O–H groups in total. The number of furan rings is 5. The predicted molar refractivity (Wildman–Crippen MR) is 535 cm³/mol. The Balaban J connectivity index is 0.000000134. The van der Waals surface area contributed by atoms with Gasteiger partial charge >= 0.3 is 0 Å². The van der Waals surface area contributed by atoms with Gasteiger partial charge in [0.25, 0.3) is 0 Å². The van der Waals surface area contributed by atoms with Crippen LogP contribution in [0.4, 0.5) is 0 Å². The predicted octanol–water partition coefficient (Wildman–Crippen LogP) is 27.6. The molecule has 0 saturated heterocycles. The minimum atomic E-state index is -2.53. The molecule has 15 heterocycles. The summed E-state index contributed by atoms with van der Waals surface area (Å²) in [6.45, 7) is 7.26. The molecule has 3 unspecified atom stereocenters. The number of hydrogen-bond donors (Lipinski definition) is 0. The lowest BCUT2D eigenvalue weighted by atomic mass is 9.93. The number of fused-ring (bicyclic) bond motifs is 15. The molecule has 5 aromatic carbocycles. The largest absolute Gasteiger partial charge is 0.437 e. The van der Waals surface area contributed by atoms with Crippen molar-refractivity contribution in [3.8, 4) is 56.3 Å². The lowest BCUT2D eigenvalue weighted by Gasteiger charge is -2.12. The first-order valence-electron chi connectivity index (χ1n) is 57.7. The molecule has 131 heavy (non-hydrogen) atoms. The highest BCUT2D eigenvalue weighted by Crippen LogP contribution is 2.46. The van der Waals surface area contributed by atoms with E-state index in [0.29, 0.717) is 166 Å². The quantitative estimate of drug-likeness (QED) is 0.128. The first-order valence-corrected chi connectivity index (χ1v) is 43.7. The van der Waals surface area contributed by atoms with E-state index in [1.165, 1.54) is 20.8 Å². The van der Waals surface area contributed by atoms with Crippen LogP contribution >= 0.6 is 0 Å². The molecule has 0 spiro atoms. The minimum Gasteiger partial charge on any atom is -0.437 e. The maximum Gasteiger partial charge on any atom is 0.227 e. The van der Waals surface area contributed by atoms with Gasteiger partial charge in [0.2, 0.25) is 57.0 Å². The van der Waals surface area contributed by atoms with Gasteiger partial charge in [-0.15, -0.1) is 0 Å². The van der Waals surface area contributed by atoms with Crippen LogP contribution < -0.4 is 22.8 Å². The second-order valence-corrected chi connectivity index (χ2v) is 35.1. The average Bonchev–Trinajstić information content (AvgIpc) is 1.60. The molecule has 0 radical (unpaired) electrons. The molecule has 21 rings (SSSR count). The van der Waals surface area contributed by atoms with Crippen LogP contribution in [-0.4, -0.2) is 24.9 Å². The van der Waals surface area contributed by atoms with Crippen LogP contribution in [0.5, 0.6) is 0 Å². The number of nitrogens with zero attached hydrogens (tertiary/aromatic N) is 10. The average molecular weight is 1770 g/mol. The van der Waals surface area contributed by atoms with E-state index >= 15 is 0 Å². The Bertz CT molecular complexity index is 9260. The summed E-state index contributed by atoms with van der Waals surface area (Å²) in [5, 5.41) is 5.99. The number of hydrogen-bond acceptors (Lipinski definition) is 10. The van der Waals surface area contributed by atoms with Crippen molar-refractivity contribution in [2.45, 2.75) is 208 Å². The number of benzene rings is 5. The first-order chi connectivity index (χ1) is 73.5. The lowest BCUT2D eigenvalue weighted by Crippen LogP contribution is -2.32. The van der Waals surface area contributed by atoms with Crippen LogP contribution in [0.1, 0.15) is 246 Å². The number of pyridine rings is 10. The third-order valence-corrected chi connectivity index (χ3v) is 25.2. The smallest absolute Gasteiger partial charge is 0.227 e. The molecule has 1 aliphatic carbocycles. The summed E-state index contributed by atoms with van der Waals surface area (Å²) < 4.78 is 266. The molecule has 0 aliphatic heterocycles. The van der Waals surface area contributed by atoms with Gasteiger partial charge in [-0.3, -0.25) is 0 Å². The third-order valence-electron chi connectivity index (χ3n) is 25.2. The zero-order valence-electron chi connectivity index (χ0n) is 106. The summed E-state index contributed by atoms with van der Waals surface area (Å²) in [6, 6.07) is 44.0. The van der Waals surface area contributed by atoms with Crippen LogP contribution in [0, 0.1) is 117 Å². The molecular weight excluding hydrogens is 1610 g/mol. The topological polar surface area (TPSA) is 150 Å². The summed E-state index contributed by atoms with van der Waals surface area (Å²) >= 11 is 0. The highest BCUT2D eigenvalue weighted by Gasteiger charge is 2.32. The highest BCUT2D eigenvalue weighted by atomic mass is 16.4. The van der Waals surface area contributed by atoms with Crippen molar-refractivity contribution < 1.29 is 83.3 Å². The Kier molecular flexibility index (Phi) is 16.6. The van der Waals surface area contributed by atoms with E-state index in [4.69, 9.17) is 60.5 Å². The molecular formula is C116H125N10O5+5. The molecule has 1 fully saturated rings. The van der Waals surface area contributed by atoms with E-state index in [-0.39, 0.29) is 28.0 Å². The Hall–Kier alpha value is -13.4. The summed E-state index contributed by atoms with van der Waals surface area (Å²) in [7, 11) is 9.32. The molecule has 15 aromatic heterocycles. The summed E-state index contributed by atoms with van der Waals surface area (Å²) in [5.41, 5.74) is 24.5. The van der Waals surface area contributed by atoms with E-state index in [1.54, 1.807) is 112 Å². The highest BCUT2D eigenvalue weighted by molar-refractivity contribution is 6.15. The second kappa shape index (κ2) is 35.5. The zero-order chi connectivity index (χ0) is 117. The Labute approximate surface area is 808 Å². The maximum absolute atomic E-state index is 8.98. The van der Waals surface area contributed by atoms with Gasteiger partial charge in [0, 0.05) is 175 Å². The fraction of sp³-hybridized carbons (Fsp3) is 0.310. The molecule has 0 amide bonds. The molecule has 20 aromatic rings. The summed E-state index contributed by atoms with van der Waals surface area (Å²) in [4.78, 5) is 22.4. The van der Waals surface area contributed by atoms with Gasteiger partial charge in [0.15, 0.2) is 58.9 Å². The summed E-state index contributed by atoms with van der Waals surface area (Å²) in [6.07, 6.45) is 12.9. The molecule has 664 valence electrons. The monoisotopic (exact) mass is 1770 g/mol. The van der Waals surface area contributed by atoms with E-state index in [2.05, 4.69) is 31.0 Å². The van der Waals surface area contributed by atoms with Crippen LogP contribution in [-0.2, 0) is 35.2 Å². The Morgan fingerprint density at radius 2 is 0.672 bits per heavy atom. The Morgan fingerprint density at radius 3 is 1.08 bits per heavy atom. The van der Waals surface area contributed by atoms with E-state index in [1.807, 2.05) is 200 Å². The molecule has 1 saturated carbocycles. The third kappa shape index (κ3) is 16.6. The second-order valence-electron chi connectivity index (χ2n) is 35.1. The fourth-order valence-corrected chi connectivity index (χ4v) is 18.6. The molecule has 3 atom stereocenters. The fourth-order valence-electron chi connectivity index (χ4n) is 18.6. The van der Waals surface area contributed by atoms with Gasteiger partial charge in [0.1, 0.15) is 35.2 Å². The van der Waals surface area contributed by atoms with Crippen molar-refractivity contribution in [3.05, 3.63) is 294 Å². The number of aryl methyl sites for hydroxylation is 22. The summed E-state index contributed by atoms with van der Waals surface area (Å²) in [5.74, 6) is -5.96. The van der Waals surface area contributed by atoms with Crippen LogP contribution in [0.15, 0.2) is 199 Å². The van der Waals surface area contributed by atoms with Crippen molar-refractivity contribution in [2.24, 2.45) is 35.2 Å². The molecule has 15 heteroatoms. The SMILES string of the molecule is [2H]C([2H])([2H])c1cc(C)c(-c2cc(C([2H])(C)C([2H])([2H])[2H])cc[n+]2C)c2oc3nc(C)ccc3c12.[2H]C([2H])([2H])c1cc(C)c(-c2cc(C)c(C([2H])(C)C([2H])([2H])[2H])c[n+]2C)c2oc3nc(C)ccc3c12.[2H]C([2H])([2H])c1cc(C)c(-c2cc(C3([2H])CCCC3)cc[n+]2C)c2oc3nc(C)ccc3c12.[2H]C([2H])([2H])c1cc(C)c(-c2cccc[n+]2C)c2oc3nc(C)ccc3c12.[2H]C([2H])([2H])c1cc(C)nc2oc3c(-c4cc(C)c(C([2H])(C)C([2H])([2H])[2H])c[n+]4C)c(C)ccc3c12. The van der Waals surface area contributed by atoms with Crippen molar-refractivity contribution in [1.82, 2.24) is 24.9 Å². The van der Waals surface area contributed by atoms with E-state index in [0.717, 1.165) is 116 Å². The zero-order valence-corrected chi connectivity index (χ0v) is 77.6. The van der Waals surface area contributed by atoms with Gasteiger partial charge in [-0.05, 0) is 292 Å². The van der Waals surface area contributed by atoms with Crippen molar-refractivity contribution in [1.29, 1.82) is 0 Å². The maximum atomic E-state index is 8.98. The minimum absolute atomic E-state index is 0.176. The molecule has 0 bridgehead atoms. The van der Waals surface area contributed by atoms with Gasteiger partial charge in [0.05, 0.1) is 33.2 Å². The molecule has 1 aliphatic rings. The van der Waals surface area contributed by atoms with Crippen LogP contribution in [0.2, 0.25) is 0 Å². The van der Waals surface area contributed by atoms with Crippen LogP contribution in [0.25, 0.3) is 167 Å². The first kappa shape index (κ1) is 61.2. The van der Waals surface area contributed by atoms with E-state index < -0.39 is 78.4 Å². The van der Waals surface area contributed by atoms with Gasteiger partial charge in [-0.25, -0.2) is 47.8 Å². The van der Waals surface area contributed by atoms with Crippen molar-refractivity contribution in [2.75, 3.05) is 0 Å². The number of rotatable bonds is 9. The normalized spacial score (nSPS) is 18.0. The Morgan fingerprint density at radius 1 is 0.313 bits per heavy atom. The van der Waals surface area contributed by atoms with Gasteiger partial charge in [-0.2, -0.15) is 0 Å².